The van der Waals surface area contributed by atoms with Gasteiger partial charge >= 0.3 is 5.95 Å². The van der Waals surface area contributed by atoms with E-state index in [1.807, 2.05) is 83.5 Å². The molecule has 37 heavy (non-hydrogen) atoms. The number of tetrazole rings is 1. The Bertz CT molecular complexity index is 1550. The fourth-order valence-electron chi connectivity index (χ4n) is 4.43. The third-order valence-electron chi connectivity index (χ3n) is 6.16. The van der Waals surface area contributed by atoms with Gasteiger partial charge < -0.3 is 0 Å². The normalized spacial score (nSPS) is 11.2. The second-order valence-electron chi connectivity index (χ2n) is 8.50. The van der Waals surface area contributed by atoms with Gasteiger partial charge in [0, 0.05) is 21.1 Å². The standard InChI is InChI=1S/C31H25N5P/c1-6-16-26(17-7-1)35-31(32-36(34-35)27-18-8-2-9-19-27)33-37(28-20-10-3-11-21-28,29-22-12-4-13-23-29)30-24-14-5-15-25-30/h1-25H/q+1. The van der Waals surface area contributed by atoms with Gasteiger partial charge in [-0.25, -0.2) is 0 Å². The van der Waals surface area contributed by atoms with Crippen molar-refractivity contribution in [3.8, 4) is 11.4 Å². The number of rotatable bonds is 6. The first kappa shape index (κ1) is 22.8. The Hall–Kier alpha value is -4.60. The summed E-state index contributed by atoms with van der Waals surface area (Å²) in [6.07, 6.45) is 0. The van der Waals surface area contributed by atoms with Crippen molar-refractivity contribution in [1.29, 1.82) is 0 Å². The predicted octanol–water partition coefficient (Wildman–Crippen LogP) is 5.35. The van der Waals surface area contributed by atoms with Gasteiger partial charge in [0.2, 0.25) is 0 Å². The topological polar surface area (TPSA) is 47.0 Å². The van der Waals surface area contributed by atoms with Gasteiger partial charge in [0.15, 0.2) is 0 Å². The Labute approximate surface area is 216 Å². The summed E-state index contributed by atoms with van der Waals surface area (Å²) < 4.78 is 7.43. The van der Waals surface area contributed by atoms with E-state index in [1.165, 1.54) is 0 Å². The molecular formula is C31H25N5P+. The van der Waals surface area contributed by atoms with Crippen molar-refractivity contribution in [3.63, 3.8) is 0 Å². The first-order valence-corrected chi connectivity index (χ1v) is 13.9. The summed E-state index contributed by atoms with van der Waals surface area (Å²) in [6, 6.07) is 51.6. The number of para-hydroxylation sites is 2. The highest BCUT2D eigenvalue weighted by Crippen LogP contribution is 2.48. The summed E-state index contributed by atoms with van der Waals surface area (Å²) in [5.41, 5.74) is 1.77. The van der Waals surface area contributed by atoms with Crippen molar-refractivity contribution in [2.45, 2.75) is 0 Å². The Morgan fingerprint density at radius 2 is 0.919 bits per heavy atom. The molecule has 0 amide bonds. The van der Waals surface area contributed by atoms with Crippen molar-refractivity contribution < 1.29 is 4.68 Å². The summed E-state index contributed by atoms with van der Waals surface area (Å²) in [6.45, 7) is 0. The van der Waals surface area contributed by atoms with Crippen LogP contribution in [0.1, 0.15) is 0 Å². The molecule has 6 heteroatoms. The van der Waals surface area contributed by atoms with Crippen LogP contribution in [0.3, 0.4) is 0 Å². The average molecular weight is 499 g/mol. The van der Waals surface area contributed by atoms with E-state index in [2.05, 4.69) is 72.8 Å². The molecule has 0 N–H and O–H groups in total. The van der Waals surface area contributed by atoms with Crippen molar-refractivity contribution >= 4 is 28.9 Å². The summed E-state index contributed by atoms with van der Waals surface area (Å²) >= 11 is 0. The van der Waals surface area contributed by atoms with Gasteiger partial charge in [0.1, 0.15) is 18.4 Å². The second kappa shape index (κ2) is 10.2. The van der Waals surface area contributed by atoms with Crippen LogP contribution in [0.2, 0.25) is 0 Å². The lowest BCUT2D eigenvalue weighted by atomic mass is 10.3. The predicted molar refractivity (Wildman–Crippen MR) is 150 cm³/mol. The van der Waals surface area contributed by atoms with Gasteiger partial charge in [-0.05, 0) is 29.1 Å². The minimum Gasteiger partial charge on any atom is -0.112 e. The van der Waals surface area contributed by atoms with E-state index in [9.17, 15) is 0 Å². The van der Waals surface area contributed by atoms with Gasteiger partial charge in [-0.15, -0.1) is 4.74 Å². The van der Waals surface area contributed by atoms with Crippen LogP contribution in [-0.4, -0.2) is 15.1 Å². The smallest absolute Gasteiger partial charge is 0.112 e. The molecular weight excluding hydrogens is 473 g/mol. The van der Waals surface area contributed by atoms with Crippen molar-refractivity contribution in [3.05, 3.63) is 152 Å². The van der Waals surface area contributed by atoms with Crippen LogP contribution in [0.4, 0.5) is 5.95 Å². The van der Waals surface area contributed by atoms with Gasteiger partial charge in [-0.2, -0.15) is 0 Å². The van der Waals surface area contributed by atoms with Crippen LogP contribution in [0.25, 0.3) is 11.4 Å². The molecule has 1 heterocycles. The summed E-state index contributed by atoms with van der Waals surface area (Å²) in [5.74, 6) is 0.542. The summed E-state index contributed by atoms with van der Waals surface area (Å²) in [4.78, 5) is 1.65. The molecule has 0 unspecified atom stereocenters. The second-order valence-corrected chi connectivity index (χ2v) is 11.5. The maximum atomic E-state index is 5.60. The fraction of sp³-hybridized carbons (Fsp3) is 0. The number of nitrogens with zero attached hydrogens (tertiary/aromatic N) is 5. The van der Waals surface area contributed by atoms with Crippen molar-refractivity contribution in [1.82, 2.24) is 15.1 Å². The molecule has 0 radical (unpaired) electrons. The molecule has 6 rings (SSSR count). The van der Waals surface area contributed by atoms with Crippen LogP contribution < -0.4 is 20.6 Å². The van der Waals surface area contributed by atoms with Crippen molar-refractivity contribution in [2.75, 3.05) is 0 Å². The highest BCUT2D eigenvalue weighted by molar-refractivity contribution is 7.87. The number of aromatic nitrogens is 4. The lowest BCUT2D eigenvalue weighted by molar-refractivity contribution is -0.648. The number of hydrogen-bond acceptors (Lipinski definition) is 3. The monoisotopic (exact) mass is 498 g/mol. The average Bonchev–Trinajstić information content (AvgIpc) is 3.42. The molecule has 0 saturated heterocycles. The maximum Gasteiger partial charge on any atom is 0.439 e. The molecule has 0 fully saturated rings. The SMILES string of the molecule is c1ccc(-n2nc(N=P(c3ccccc3)(c3ccccc3)c3ccccc3)[n+](-c3ccccc3)n2)cc1. The van der Waals surface area contributed by atoms with Crippen LogP contribution in [0, 0.1) is 0 Å². The molecule has 6 aromatic rings. The number of hydrogen-bond donors (Lipinski definition) is 0. The number of benzene rings is 5. The van der Waals surface area contributed by atoms with E-state index in [0.717, 1.165) is 27.3 Å². The molecule has 0 saturated carbocycles. The Kier molecular flexibility index (Phi) is 6.28. The van der Waals surface area contributed by atoms with E-state index in [1.54, 1.807) is 4.80 Å². The third-order valence-corrected chi connectivity index (χ3v) is 9.78. The molecule has 0 aliphatic carbocycles. The van der Waals surface area contributed by atoms with E-state index >= 15 is 0 Å². The first-order valence-electron chi connectivity index (χ1n) is 12.1. The zero-order valence-corrected chi connectivity index (χ0v) is 21.0. The summed E-state index contributed by atoms with van der Waals surface area (Å²) in [7, 11) is -2.51. The highest BCUT2D eigenvalue weighted by atomic mass is 31.2. The molecule has 0 atom stereocenters. The molecule has 5 aromatic carbocycles. The summed E-state index contributed by atoms with van der Waals surface area (Å²) in [5, 5.41) is 13.3. The zero-order chi connectivity index (χ0) is 24.9. The zero-order valence-electron chi connectivity index (χ0n) is 20.1. The Balaban J connectivity index is 1.72. The molecule has 5 nitrogen and oxygen atoms in total. The van der Waals surface area contributed by atoms with Crippen LogP contribution in [-0.2, 0) is 0 Å². The molecule has 178 valence electrons. The largest absolute Gasteiger partial charge is 0.439 e. The van der Waals surface area contributed by atoms with Crippen LogP contribution in [0.5, 0.6) is 0 Å². The van der Waals surface area contributed by atoms with Gasteiger partial charge in [0.25, 0.3) is 0 Å². The van der Waals surface area contributed by atoms with Gasteiger partial charge in [-0.1, -0.05) is 132 Å². The fourth-order valence-corrected chi connectivity index (χ4v) is 7.87. The lowest BCUT2D eigenvalue weighted by Gasteiger charge is -2.23. The van der Waals surface area contributed by atoms with E-state index in [-0.39, 0.29) is 0 Å². The quantitative estimate of drug-likeness (QED) is 0.230. The third kappa shape index (κ3) is 4.42. The first-order chi connectivity index (χ1) is 18.3. The molecule has 0 bridgehead atoms. The van der Waals surface area contributed by atoms with E-state index in [4.69, 9.17) is 15.1 Å². The Morgan fingerprint density at radius 1 is 0.514 bits per heavy atom. The van der Waals surface area contributed by atoms with E-state index in [0.29, 0.717) is 5.95 Å². The maximum absolute atomic E-state index is 5.60. The van der Waals surface area contributed by atoms with Gasteiger partial charge in [-0.3, -0.25) is 0 Å². The highest BCUT2D eigenvalue weighted by Gasteiger charge is 2.33. The minimum absolute atomic E-state index is 0.542. The molecule has 1 aromatic heterocycles. The van der Waals surface area contributed by atoms with Gasteiger partial charge in [0.05, 0.1) is 5.10 Å². The van der Waals surface area contributed by atoms with E-state index < -0.39 is 7.05 Å². The molecule has 0 aliphatic heterocycles. The minimum atomic E-state index is -2.51. The lowest BCUT2D eigenvalue weighted by Crippen LogP contribution is -2.34. The molecule has 0 aliphatic rings. The van der Waals surface area contributed by atoms with Crippen LogP contribution >= 0.6 is 7.05 Å². The van der Waals surface area contributed by atoms with Crippen molar-refractivity contribution in [2.24, 2.45) is 4.74 Å². The van der Waals surface area contributed by atoms with Crippen LogP contribution in [0.15, 0.2) is 156 Å². The Morgan fingerprint density at radius 3 is 1.38 bits per heavy atom. The molecule has 0 spiro atoms.